The van der Waals surface area contributed by atoms with Crippen molar-refractivity contribution in [2.75, 3.05) is 39.4 Å². The molecule has 18 heavy (non-hydrogen) atoms. The number of hydrogen-bond acceptors (Lipinski definition) is 3. The molecule has 0 heterocycles. The molecule has 3 heteroatoms. The van der Waals surface area contributed by atoms with Gasteiger partial charge in [0, 0.05) is 38.8 Å². The Balaban J connectivity index is 1.90. The predicted octanol–water partition coefficient (Wildman–Crippen LogP) is 2.51. The number of unbranched alkanes of at least 4 members (excludes halogenated alkanes) is 1. The van der Waals surface area contributed by atoms with E-state index in [0.29, 0.717) is 6.04 Å². The minimum absolute atomic E-state index is 0.674. The van der Waals surface area contributed by atoms with E-state index in [2.05, 4.69) is 31.0 Å². The highest BCUT2D eigenvalue weighted by Gasteiger charge is 2.24. The minimum atomic E-state index is 0.674. The lowest BCUT2D eigenvalue weighted by Crippen LogP contribution is -2.38. The first-order valence-electron chi connectivity index (χ1n) is 7.76. The molecule has 0 saturated heterocycles. The molecule has 0 aromatic heterocycles. The van der Waals surface area contributed by atoms with Crippen molar-refractivity contribution in [3.63, 3.8) is 0 Å². The first-order valence-corrected chi connectivity index (χ1v) is 7.76. The predicted molar refractivity (Wildman–Crippen MR) is 78.0 cm³/mol. The van der Waals surface area contributed by atoms with E-state index in [-0.39, 0.29) is 0 Å². The molecule has 1 fully saturated rings. The first kappa shape index (κ1) is 15.9. The molecule has 0 aliphatic heterocycles. The van der Waals surface area contributed by atoms with Gasteiger partial charge in [-0.25, -0.2) is 0 Å². The number of nitrogens with zero attached hydrogens (tertiary/aromatic N) is 1. The second-order valence-electron chi connectivity index (χ2n) is 5.75. The maximum absolute atomic E-state index is 5.53. The largest absolute Gasteiger partial charge is 0.380 e. The monoisotopic (exact) mass is 256 g/mol. The van der Waals surface area contributed by atoms with Gasteiger partial charge in [-0.3, -0.25) is 4.90 Å². The van der Waals surface area contributed by atoms with Crippen molar-refractivity contribution >= 4 is 0 Å². The number of hydrogen-bond donors (Lipinski definition) is 1. The summed E-state index contributed by atoms with van der Waals surface area (Å²) >= 11 is 0. The molecule has 108 valence electrons. The van der Waals surface area contributed by atoms with Crippen LogP contribution < -0.4 is 5.32 Å². The van der Waals surface area contributed by atoms with Crippen LogP contribution in [-0.4, -0.2) is 50.3 Å². The highest BCUT2D eigenvalue weighted by molar-refractivity contribution is 4.79. The summed E-state index contributed by atoms with van der Waals surface area (Å²) in [6.07, 6.45) is 5.30. The topological polar surface area (TPSA) is 24.5 Å². The average Bonchev–Trinajstić information content (AvgIpc) is 3.14. The molecule has 1 N–H and O–H groups in total. The molecule has 0 aromatic rings. The summed E-state index contributed by atoms with van der Waals surface area (Å²) in [6, 6.07) is 0.674. The summed E-state index contributed by atoms with van der Waals surface area (Å²) in [5.41, 5.74) is 0. The highest BCUT2D eigenvalue weighted by Crippen LogP contribution is 2.30. The molecule has 1 aliphatic carbocycles. The fourth-order valence-electron chi connectivity index (χ4n) is 2.03. The molecular formula is C15H32N2O. The molecular weight excluding hydrogens is 224 g/mol. The van der Waals surface area contributed by atoms with Crippen LogP contribution in [-0.2, 0) is 4.74 Å². The van der Waals surface area contributed by atoms with Gasteiger partial charge < -0.3 is 10.1 Å². The number of nitrogens with one attached hydrogen (secondary N) is 1. The lowest BCUT2D eigenvalue weighted by Gasteiger charge is -2.26. The van der Waals surface area contributed by atoms with Crippen LogP contribution in [0.1, 0.15) is 46.5 Å². The third kappa shape index (κ3) is 8.06. The first-order chi connectivity index (χ1) is 8.74. The summed E-state index contributed by atoms with van der Waals surface area (Å²) in [6.45, 7) is 13.1. The zero-order valence-electron chi connectivity index (χ0n) is 12.6. The summed E-state index contributed by atoms with van der Waals surface area (Å²) in [4.78, 5) is 2.60. The van der Waals surface area contributed by atoms with E-state index in [9.17, 15) is 0 Å². The van der Waals surface area contributed by atoms with Crippen LogP contribution in [0.3, 0.4) is 0 Å². The van der Waals surface area contributed by atoms with Gasteiger partial charge in [0.05, 0.1) is 6.61 Å². The third-order valence-electron chi connectivity index (χ3n) is 3.56. The van der Waals surface area contributed by atoms with Gasteiger partial charge in [0.2, 0.25) is 0 Å². The van der Waals surface area contributed by atoms with Gasteiger partial charge >= 0.3 is 0 Å². The Kier molecular flexibility index (Phi) is 8.64. The van der Waals surface area contributed by atoms with Gasteiger partial charge in [0.25, 0.3) is 0 Å². The average molecular weight is 256 g/mol. The van der Waals surface area contributed by atoms with Crippen LogP contribution in [0.2, 0.25) is 0 Å². The molecule has 0 aromatic carbocycles. The van der Waals surface area contributed by atoms with Gasteiger partial charge in [-0.05, 0) is 39.0 Å². The Hall–Kier alpha value is -0.120. The van der Waals surface area contributed by atoms with Crippen LogP contribution in [0.5, 0.6) is 0 Å². The molecule has 0 unspecified atom stereocenters. The van der Waals surface area contributed by atoms with Gasteiger partial charge in [-0.15, -0.1) is 0 Å². The van der Waals surface area contributed by atoms with Gasteiger partial charge in [0.1, 0.15) is 0 Å². The normalized spacial score (nSPS) is 15.8. The second kappa shape index (κ2) is 9.76. The van der Waals surface area contributed by atoms with Crippen molar-refractivity contribution < 1.29 is 4.74 Å². The zero-order chi connectivity index (χ0) is 13.2. The van der Waals surface area contributed by atoms with Crippen LogP contribution >= 0.6 is 0 Å². The quantitative estimate of drug-likeness (QED) is 0.543. The molecule has 1 rings (SSSR count). The molecule has 0 atom stereocenters. The molecule has 3 nitrogen and oxygen atoms in total. The Morgan fingerprint density at radius 2 is 2.00 bits per heavy atom. The van der Waals surface area contributed by atoms with E-state index in [1.807, 2.05) is 0 Å². The van der Waals surface area contributed by atoms with E-state index < -0.39 is 0 Å². The minimum Gasteiger partial charge on any atom is -0.380 e. The van der Waals surface area contributed by atoms with Crippen molar-refractivity contribution in [1.82, 2.24) is 10.2 Å². The number of rotatable bonds is 12. The van der Waals surface area contributed by atoms with Crippen LogP contribution in [0.4, 0.5) is 0 Å². The highest BCUT2D eigenvalue weighted by atomic mass is 16.5. The fourth-order valence-corrected chi connectivity index (χ4v) is 2.03. The lowest BCUT2D eigenvalue weighted by atomic mass is 10.2. The summed E-state index contributed by atoms with van der Waals surface area (Å²) in [5, 5.41) is 3.47. The SMILES string of the molecule is CCCCOCCNCCN(CC1CC1)C(C)C. The molecule has 0 bridgehead atoms. The molecule has 0 spiro atoms. The van der Waals surface area contributed by atoms with Crippen molar-refractivity contribution in [3.05, 3.63) is 0 Å². The van der Waals surface area contributed by atoms with Crippen molar-refractivity contribution in [3.8, 4) is 0 Å². The van der Waals surface area contributed by atoms with Gasteiger partial charge in [-0.2, -0.15) is 0 Å². The smallest absolute Gasteiger partial charge is 0.0590 e. The maximum Gasteiger partial charge on any atom is 0.0590 e. The Labute approximate surface area is 113 Å². The van der Waals surface area contributed by atoms with Gasteiger partial charge in [0.15, 0.2) is 0 Å². The van der Waals surface area contributed by atoms with Crippen molar-refractivity contribution in [1.29, 1.82) is 0 Å². The Morgan fingerprint density at radius 3 is 2.61 bits per heavy atom. The fraction of sp³-hybridized carbons (Fsp3) is 1.00. The van der Waals surface area contributed by atoms with Crippen LogP contribution in [0.25, 0.3) is 0 Å². The standard InChI is InChI=1S/C15H32N2O/c1-4-5-11-18-12-9-16-8-10-17(14(2)3)13-15-6-7-15/h14-16H,4-13H2,1-3H3. The Bertz CT molecular complexity index is 193. The molecule has 1 saturated carbocycles. The van der Waals surface area contributed by atoms with Crippen LogP contribution in [0, 0.1) is 5.92 Å². The maximum atomic E-state index is 5.53. The van der Waals surface area contributed by atoms with Gasteiger partial charge in [-0.1, -0.05) is 13.3 Å². The molecule has 1 aliphatic rings. The van der Waals surface area contributed by atoms with Crippen LogP contribution in [0.15, 0.2) is 0 Å². The lowest BCUT2D eigenvalue weighted by molar-refractivity contribution is 0.131. The summed E-state index contributed by atoms with van der Waals surface area (Å²) in [5.74, 6) is 0.991. The van der Waals surface area contributed by atoms with E-state index in [1.165, 1.54) is 38.8 Å². The number of ether oxygens (including phenoxy) is 1. The molecule has 0 amide bonds. The summed E-state index contributed by atoms with van der Waals surface area (Å²) < 4.78 is 5.53. The van der Waals surface area contributed by atoms with E-state index in [4.69, 9.17) is 4.74 Å². The van der Waals surface area contributed by atoms with E-state index >= 15 is 0 Å². The zero-order valence-corrected chi connectivity index (χ0v) is 12.6. The van der Waals surface area contributed by atoms with Crippen molar-refractivity contribution in [2.45, 2.75) is 52.5 Å². The van der Waals surface area contributed by atoms with E-state index in [1.54, 1.807) is 0 Å². The second-order valence-corrected chi connectivity index (χ2v) is 5.75. The molecule has 0 radical (unpaired) electrons. The summed E-state index contributed by atoms with van der Waals surface area (Å²) in [7, 11) is 0. The third-order valence-corrected chi connectivity index (χ3v) is 3.56. The Morgan fingerprint density at radius 1 is 1.22 bits per heavy atom. The van der Waals surface area contributed by atoms with E-state index in [0.717, 1.165) is 32.2 Å². The van der Waals surface area contributed by atoms with Crippen molar-refractivity contribution in [2.24, 2.45) is 5.92 Å².